The van der Waals surface area contributed by atoms with E-state index in [-0.39, 0.29) is 17.7 Å². The van der Waals surface area contributed by atoms with Crippen molar-refractivity contribution in [3.05, 3.63) is 101 Å². The topological polar surface area (TPSA) is 18.5 Å². The molecule has 0 amide bonds. The predicted molar refractivity (Wildman–Crippen MR) is 125 cm³/mol. The fraction of sp³-hybridized carbons (Fsp3) is 0.208. The molecule has 0 saturated carbocycles. The number of thiocarbonyl (C=S) groups is 1. The monoisotopic (exact) mass is 457 g/mol. The number of rotatable bonds is 4. The van der Waals surface area contributed by atoms with E-state index >= 15 is 0 Å². The zero-order valence-electron chi connectivity index (χ0n) is 16.8. The smallest absolute Gasteiger partial charge is 0.173 e. The van der Waals surface area contributed by atoms with Gasteiger partial charge in [0.1, 0.15) is 11.6 Å². The molecule has 1 fully saturated rings. The van der Waals surface area contributed by atoms with E-state index in [9.17, 15) is 8.78 Å². The fourth-order valence-corrected chi connectivity index (χ4v) is 4.32. The zero-order valence-corrected chi connectivity index (χ0v) is 18.3. The predicted octanol–water partition coefficient (Wildman–Crippen LogP) is 5.72. The van der Waals surface area contributed by atoms with Gasteiger partial charge in [-0.1, -0.05) is 48.0 Å². The molecule has 0 aromatic heterocycles. The van der Waals surface area contributed by atoms with Crippen LogP contribution < -0.4 is 5.32 Å². The molecule has 4 rings (SSSR count). The first kappa shape index (κ1) is 21.7. The molecule has 3 aromatic carbocycles. The molecule has 0 unspecified atom stereocenters. The van der Waals surface area contributed by atoms with Crippen molar-refractivity contribution in [1.29, 1.82) is 0 Å². The van der Waals surface area contributed by atoms with Gasteiger partial charge in [-0.3, -0.25) is 4.90 Å². The number of benzene rings is 3. The summed E-state index contributed by atoms with van der Waals surface area (Å²) in [6, 6.07) is 20.4. The standard InChI is InChI=1S/C24H22ClF2N3S/c25-21-3-1-2-4-22(21)28-24(31)30-15-13-29(14-16-30)23(17-5-9-19(26)10-6-17)18-7-11-20(27)12-8-18/h1-12,23H,13-16H2,(H,28,31). The normalized spacial score (nSPS) is 14.6. The number of hydrogen-bond donors (Lipinski definition) is 1. The maximum atomic E-state index is 13.5. The molecule has 3 nitrogen and oxygen atoms in total. The van der Waals surface area contributed by atoms with E-state index in [1.54, 1.807) is 24.3 Å². The highest BCUT2D eigenvalue weighted by Gasteiger charge is 2.27. The summed E-state index contributed by atoms with van der Waals surface area (Å²) in [5.74, 6) is -0.551. The molecule has 1 saturated heterocycles. The number of para-hydroxylation sites is 1. The SMILES string of the molecule is Fc1ccc(C(c2ccc(F)cc2)N2CCN(C(=S)Nc3ccccc3Cl)CC2)cc1. The summed E-state index contributed by atoms with van der Waals surface area (Å²) >= 11 is 11.8. The molecule has 0 aliphatic carbocycles. The molecule has 1 aliphatic heterocycles. The Kier molecular flexibility index (Phi) is 6.80. The largest absolute Gasteiger partial charge is 0.346 e. The Bertz CT molecular complexity index is 990. The van der Waals surface area contributed by atoms with Gasteiger partial charge in [0.2, 0.25) is 0 Å². The Morgan fingerprint density at radius 1 is 0.806 bits per heavy atom. The molecule has 1 N–H and O–H groups in total. The summed E-state index contributed by atoms with van der Waals surface area (Å²) in [5.41, 5.74) is 2.73. The number of piperazine rings is 1. The number of nitrogens with zero attached hydrogens (tertiary/aromatic N) is 2. The minimum Gasteiger partial charge on any atom is -0.346 e. The number of anilines is 1. The molecule has 3 aromatic rings. The highest BCUT2D eigenvalue weighted by atomic mass is 35.5. The highest BCUT2D eigenvalue weighted by molar-refractivity contribution is 7.80. The average molecular weight is 458 g/mol. The van der Waals surface area contributed by atoms with Crippen molar-refractivity contribution in [2.75, 3.05) is 31.5 Å². The van der Waals surface area contributed by atoms with E-state index in [0.717, 1.165) is 43.0 Å². The van der Waals surface area contributed by atoms with Gasteiger partial charge in [-0.15, -0.1) is 0 Å². The van der Waals surface area contributed by atoms with Crippen LogP contribution in [-0.4, -0.2) is 41.1 Å². The Labute approximate surface area is 191 Å². The first-order valence-corrected chi connectivity index (χ1v) is 10.9. The van der Waals surface area contributed by atoms with Gasteiger partial charge >= 0.3 is 0 Å². The third-order valence-corrected chi connectivity index (χ3v) is 6.14. The van der Waals surface area contributed by atoms with Crippen LogP contribution in [0.5, 0.6) is 0 Å². The molecular formula is C24H22ClF2N3S. The summed E-state index contributed by atoms with van der Waals surface area (Å²) in [6.45, 7) is 2.97. The Balaban J connectivity index is 1.48. The van der Waals surface area contributed by atoms with E-state index in [0.29, 0.717) is 10.1 Å². The maximum Gasteiger partial charge on any atom is 0.173 e. The zero-order chi connectivity index (χ0) is 21.8. The van der Waals surface area contributed by atoms with E-state index in [1.807, 2.05) is 24.3 Å². The summed E-state index contributed by atoms with van der Waals surface area (Å²) in [7, 11) is 0. The lowest BCUT2D eigenvalue weighted by Crippen LogP contribution is -2.51. The molecule has 0 bridgehead atoms. The Hall–Kier alpha value is -2.54. The molecule has 1 aliphatic rings. The van der Waals surface area contributed by atoms with Crippen LogP contribution in [0.2, 0.25) is 5.02 Å². The van der Waals surface area contributed by atoms with E-state index in [4.69, 9.17) is 23.8 Å². The Morgan fingerprint density at radius 2 is 1.32 bits per heavy atom. The lowest BCUT2D eigenvalue weighted by Gasteiger charge is -2.40. The minimum absolute atomic E-state index is 0.0894. The van der Waals surface area contributed by atoms with Crippen LogP contribution in [0.4, 0.5) is 14.5 Å². The third-order valence-electron chi connectivity index (χ3n) is 5.45. The van der Waals surface area contributed by atoms with Crippen molar-refractivity contribution in [1.82, 2.24) is 9.80 Å². The second-order valence-electron chi connectivity index (χ2n) is 7.44. The van der Waals surface area contributed by atoms with E-state index < -0.39 is 0 Å². The van der Waals surface area contributed by atoms with Crippen LogP contribution in [0.15, 0.2) is 72.8 Å². The fourth-order valence-electron chi connectivity index (χ4n) is 3.84. The van der Waals surface area contributed by atoms with Crippen LogP contribution in [0, 0.1) is 11.6 Å². The van der Waals surface area contributed by atoms with Gasteiger partial charge in [-0.25, -0.2) is 8.78 Å². The lowest BCUT2D eigenvalue weighted by atomic mass is 9.96. The van der Waals surface area contributed by atoms with Gasteiger partial charge < -0.3 is 10.2 Å². The number of halogens is 3. The van der Waals surface area contributed by atoms with Crippen molar-refractivity contribution >= 4 is 34.6 Å². The third kappa shape index (κ3) is 5.21. The van der Waals surface area contributed by atoms with Crippen LogP contribution in [0.1, 0.15) is 17.2 Å². The molecule has 0 atom stereocenters. The van der Waals surface area contributed by atoms with Gasteiger partial charge in [0.25, 0.3) is 0 Å². The molecule has 1 heterocycles. The molecule has 31 heavy (non-hydrogen) atoms. The summed E-state index contributed by atoms with van der Waals surface area (Å²) in [5, 5.41) is 4.48. The molecule has 0 spiro atoms. The van der Waals surface area contributed by atoms with Crippen LogP contribution >= 0.6 is 23.8 Å². The molecule has 0 radical (unpaired) electrons. The van der Waals surface area contributed by atoms with Crippen LogP contribution in [0.25, 0.3) is 0 Å². The first-order chi connectivity index (χ1) is 15.0. The molecule has 160 valence electrons. The highest BCUT2D eigenvalue weighted by Crippen LogP contribution is 2.30. The number of hydrogen-bond acceptors (Lipinski definition) is 2. The van der Waals surface area contributed by atoms with E-state index in [1.165, 1.54) is 24.3 Å². The quantitative estimate of drug-likeness (QED) is 0.504. The van der Waals surface area contributed by atoms with Gasteiger partial charge in [-0.05, 0) is 59.7 Å². The molecular weight excluding hydrogens is 436 g/mol. The summed E-state index contributed by atoms with van der Waals surface area (Å²) in [4.78, 5) is 4.43. The second kappa shape index (κ2) is 9.73. The minimum atomic E-state index is -0.276. The van der Waals surface area contributed by atoms with Crippen molar-refractivity contribution in [2.45, 2.75) is 6.04 Å². The Morgan fingerprint density at radius 3 is 1.84 bits per heavy atom. The first-order valence-electron chi connectivity index (χ1n) is 10.1. The maximum absolute atomic E-state index is 13.5. The van der Waals surface area contributed by atoms with Gasteiger partial charge in [0.15, 0.2) is 5.11 Å². The lowest BCUT2D eigenvalue weighted by molar-refractivity contribution is 0.151. The average Bonchev–Trinajstić information content (AvgIpc) is 2.78. The van der Waals surface area contributed by atoms with Crippen molar-refractivity contribution in [3.8, 4) is 0 Å². The van der Waals surface area contributed by atoms with E-state index in [2.05, 4.69) is 15.1 Å². The van der Waals surface area contributed by atoms with Crippen molar-refractivity contribution < 1.29 is 8.78 Å². The van der Waals surface area contributed by atoms with Crippen LogP contribution in [0.3, 0.4) is 0 Å². The second-order valence-corrected chi connectivity index (χ2v) is 8.23. The summed E-state index contributed by atoms with van der Waals surface area (Å²) in [6.07, 6.45) is 0. The van der Waals surface area contributed by atoms with Crippen molar-refractivity contribution in [2.24, 2.45) is 0 Å². The van der Waals surface area contributed by atoms with Crippen molar-refractivity contribution in [3.63, 3.8) is 0 Å². The molecule has 7 heteroatoms. The van der Waals surface area contributed by atoms with Gasteiger partial charge in [0, 0.05) is 26.2 Å². The summed E-state index contributed by atoms with van der Waals surface area (Å²) < 4.78 is 27.0. The van der Waals surface area contributed by atoms with Crippen LogP contribution in [-0.2, 0) is 0 Å². The van der Waals surface area contributed by atoms with Gasteiger partial charge in [-0.2, -0.15) is 0 Å². The number of nitrogens with one attached hydrogen (secondary N) is 1. The van der Waals surface area contributed by atoms with Gasteiger partial charge in [0.05, 0.1) is 16.8 Å².